The zero-order valence-corrected chi connectivity index (χ0v) is 10.4. The van der Waals surface area contributed by atoms with Crippen molar-refractivity contribution < 1.29 is 4.84 Å². The third-order valence-electron chi connectivity index (χ3n) is 2.45. The van der Waals surface area contributed by atoms with Gasteiger partial charge in [-0.05, 0) is 6.42 Å². The largest absolute Gasteiger partial charge is 0.273 e. The lowest BCUT2D eigenvalue weighted by molar-refractivity contribution is 0.211. The number of halogens is 1. The first-order valence-corrected chi connectivity index (χ1v) is 6.08. The monoisotopic (exact) mass is 251 g/mol. The number of anilines is 1. The van der Waals surface area contributed by atoms with Crippen LogP contribution in [0.15, 0.2) is 24.3 Å². The van der Waals surface area contributed by atoms with Crippen molar-refractivity contribution in [2.75, 3.05) is 18.0 Å². The van der Waals surface area contributed by atoms with Crippen molar-refractivity contribution in [2.24, 2.45) is 0 Å². The van der Waals surface area contributed by atoms with Gasteiger partial charge in [0.1, 0.15) is 0 Å². The molecule has 5 heteroatoms. The molecule has 0 aliphatic rings. The first kappa shape index (κ1) is 12.1. The van der Waals surface area contributed by atoms with Crippen LogP contribution in [0.2, 0.25) is 0 Å². The Bertz CT molecular complexity index is 504. The number of fused-ring (bicyclic) bond motifs is 1. The summed E-state index contributed by atoms with van der Waals surface area (Å²) in [5, 5.41) is 10.4. The van der Waals surface area contributed by atoms with Crippen LogP contribution in [0.5, 0.6) is 0 Å². The molecule has 2 aromatic rings. The number of aromatic nitrogens is 2. The second-order valence-electron chi connectivity index (χ2n) is 3.53. The number of benzene rings is 1. The number of nitrogens with zero attached hydrogens (tertiary/aromatic N) is 2. The number of rotatable bonds is 5. The summed E-state index contributed by atoms with van der Waals surface area (Å²) in [5.41, 5.74) is 3.77. The van der Waals surface area contributed by atoms with E-state index in [4.69, 9.17) is 16.4 Å². The van der Waals surface area contributed by atoms with Crippen molar-refractivity contribution in [1.29, 1.82) is 0 Å². The highest BCUT2D eigenvalue weighted by atomic mass is 35.5. The van der Waals surface area contributed by atoms with Crippen molar-refractivity contribution >= 4 is 28.2 Å². The van der Waals surface area contributed by atoms with Gasteiger partial charge >= 0.3 is 0 Å². The highest BCUT2D eigenvalue weighted by Crippen LogP contribution is 2.22. The molecule has 0 saturated heterocycles. The van der Waals surface area contributed by atoms with Crippen LogP contribution in [-0.2, 0) is 11.3 Å². The molecule has 4 nitrogen and oxygen atoms in total. The Balaban J connectivity index is 2.37. The predicted molar refractivity (Wildman–Crippen MR) is 69.2 cm³/mol. The molecule has 90 valence electrons. The van der Waals surface area contributed by atoms with E-state index in [0.717, 1.165) is 22.9 Å². The quantitative estimate of drug-likeness (QED) is 0.504. The summed E-state index contributed by atoms with van der Waals surface area (Å²) < 4.78 is 0. The topological polar surface area (TPSA) is 47.0 Å². The molecule has 17 heavy (non-hydrogen) atoms. The minimum Gasteiger partial charge on any atom is -0.273 e. The molecule has 0 amide bonds. The van der Waals surface area contributed by atoms with Gasteiger partial charge in [0, 0.05) is 16.7 Å². The van der Waals surface area contributed by atoms with Crippen molar-refractivity contribution in [3.05, 3.63) is 30.0 Å². The summed E-state index contributed by atoms with van der Waals surface area (Å²) in [6.07, 6.45) is 0.857. The van der Waals surface area contributed by atoms with E-state index >= 15 is 0 Å². The Labute approximate surface area is 105 Å². The molecular formula is C12H14ClN3O. The number of alkyl halides is 1. The lowest BCUT2D eigenvalue weighted by Crippen LogP contribution is -2.07. The molecule has 0 fully saturated rings. The van der Waals surface area contributed by atoms with Crippen LogP contribution in [0, 0.1) is 0 Å². The molecule has 1 N–H and O–H groups in total. The molecular weight excluding hydrogens is 238 g/mol. The Hall–Kier alpha value is -1.39. The normalized spacial score (nSPS) is 10.7. The molecule has 0 radical (unpaired) electrons. The van der Waals surface area contributed by atoms with Gasteiger partial charge in [0.25, 0.3) is 0 Å². The van der Waals surface area contributed by atoms with E-state index in [2.05, 4.69) is 22.6 Å². The molecule has 1 aromatic carbocycles. The van der Waals surface area contributed by atoms with Gasteiger partial charge in [-0.25, -0.2) is 5.48 Å². The van der Waals surface area contributed by atoms with Crippen LogP contribution in [-0.4, -0.2) is 22.7 Å². The van der Waals surface area contributed by atoms with Crippen LogP contribution in [0.25, 0.3) is 10.8 Å². The Morgan fingerprint density at radius 3 is 2.71 bits per heavy atom. The first-order valence-electron chi connectivity index (χ1n) is 5.55. The number of hydrogen-bond donors (Lipinski definition) is 1. The number of aryl methyl sites for hydroxylation is 1. The fourth-order valence-electron chi connectivity index (χ4n) is 1.65. The minimum absolute atomic E-state index is 0.424. The molecule has 0 atom stereocenters. The van der Waals surface area contributed by atoms with Crippen molar-refractivity contribution in [2.45, 2.75) is 13.3 Å². The van der Waals surface area contributed by atoms with Gasteiger partial charge in [-0.1, -0.05) is 31.2 Å². The number of nitrogens with one attached hydrogen (secondary N) is 1. The fourth-order valence-corrected chi connectivity index (χ4v) is 1.73. The molecule has 1 heterocycles. The second kappa shape index (κ2) is 5.80. The SMILES string of the molecule is CCc1nnc(NOCCCl)c2ccccc12. The third-order valence-corrected chi connectivity index (χ3v) is 2.60. The van der Waals surface area contributed by atoms with Gasteiger partial charge in [0.15, 0.2) is 5.82 Å². The predicted octanol–water partition coefficient (Wildman–Crippen LogP) is 2.77. The standard InChI is InChI=1S/C12H14ClN3O/c1-2-11-9-5-3-4-6-10(9)12(15-14-11)16-17-8-7-13/h3-6H,2,7-8H2,1H3,(H,15,16). The first-order chi connectivity index (χ1) is 8.36. The van der Waals surface area contributed by atoms with Gasteiger partial charge in [0.2, 0.25) is 0 Å². The molecule has 0 spiro atoms. The van der Waals surface area contributed by atoms with E-state index in [1.807, 2.05) is 24.3 Å². The van der Waals surface area contributed by atoms with Crippen molar-refractivity contribution in [3.8, 4) is 0 Å². The van der Waals surface area contributed by atoms with Crippen LogP contribution in [0.3, 0.4) is 0 Å². The van der Waals surface area contributed by atoms with Gasteiger partial charge in [0.05, 0.1) is 12.3 Å². The Morgan fingerprint density at radius 2 is 2.00 bits per heavy atom. The summed E-state index contributed by atoms with van der Waals surface area (Å²) >= 11 is 5.53. The van der Waals surface area contributed by atoms with Gasteiger partial charge in [-0.15, -0.1) is 16.7 Å². The molecule has 0 aliphatic carbocycles. The number of hydrogen-bond acceptors (Lipinski definition) is 4. The average Bonchev–Trinajstić information content (AvgIpc) is 2.39. The van der Waals surface area contributed by atoms with Crippen LogP contribution >= 0.6 is 11.6 Å². The van der Waals surface area contributed by atoms with E-state index in [1.54, 1.807) is 0 Å². The summed E-state index contributed by atoms with van der Waals surface area (Å²) in [6, 6.07) is 7.99. The van der Waals surface area contributed by atoms with Crippen LogP contribution in [0.1, 0.15) is 12.6 Å². The van der Waals surface area contributed by atoms with Crippen LogP contribution < -0.4 is 5.48 Å². The Morgan fingerprint density at radius 1 is 1.24 bits per heavy atom. The van der Waals surface area contributed by atoms with E-state index in [0.29, 0.717) is 18.3 Å². The zero-order valence-electron chi connectivity index (χ0n) is 9.61. The molecule has 0 unspecified atom stereocenters. The maximum Gasteiger partial charge on any atom is 0.180 e. The van der Waals surface area contributed by atoms with E-state index in [-0.39, 0.29) is 0 Å². The zero-order chi connectivity index (χ0) is 12.1. The molecule has 0 bridgehead atoms. The highest BCUT2D eigenvalue weighted by molar-refractivity contribution is 6.17. The summed E-state index contributed by atoms with van der Waals surface area (Å²) in [4.78, 5) is 5.17. The maximum atomic E-state index is 5.53. The second-order valence-corrected chi connectivity index (χ2v) is 3.91. The van der Waals surface area contributed by atoms with Gasteiger partial charge in [-0.3, -0.25) is 4.84 Å². The van der Waals surface area contributed by atoms with E-state index < -0.39 is 0 Å². The van der Waals surface area contributed by atoms with Crippen molar-refractivity contribution in [3.63, 3.8) is 0 Å². The lowest BCUT2D eigenvalue weighted by Gasteiger charge is -2.09. The molecule has 1 aromatic heterocycles. The van der Waals surface area contributed by atoms with Gasteiger partial charge in [-0.2, -0.15) is 5.10 Å². The molecule has 0 aliphatic heterocycles. The third kappa shape index (κ3) is 2.65. The van der Waals surface area contributed by atoms with Crippen LogP contribution in [0.4, 0.5) is 5.82 Å². The highest BCUT2D eigenvalue weighted by Gasteiger charge is 2.07. The summed E-state index contributed by atoms with van der Waals surface area (Å²) in [7, 11) is 0. The summed E-state index contributed by atoms with van der Waals surface area (Å²) in [5.74, 6) is 1.06. The Kier molecular flexibility index (Phi) is 4.12. The lowest BCUT2D eigenvalue weighted by atomic mass is 10.1. The molecule has 2 rings (SSSR count). The van der Waals surface area contributed by atoms with E-state index in [9.17, 15) is 0 Å². The van der Waals surface area contributed by atoms with Crippen molar-refractivity contribution in [1.82, 2.24) is 10.2 Å². The average molecular weight is 252 g/mol. The minimum atomic E-state index is 0.424. The molecule has 0 saturated carbocycles. The van der Waals surface area contributed by atoms with E-state index in [1.165, 1.54) is 0 Å². The summed E-state index contributed by atoms with van der Waals surface area (Å²) in [6.45, 7) is 2.49. The fraction of sp³-hybridized carbons (Fsp3) is 0.333. The van der Waals surface area contributed by atoms with Gasteiger partial charge < -0.3 is 0 Å². The smallest absolute Gasteiger partial charge is 0.180 e. The maximum absolute atomic E-state index is 5.53.